The summed E-state index contributed by atoms with van der Waals surface area (Å²) in [4.78, 5) is 2.54. The van der Waals surface area contributed by atoms with Gasteiger partial charge in [-0.05, 0) is 181 Å². The van der Waals surface area contributed by atoms with Crippen LogP contribution >= 0.6 is 0 Å². The molecule has 5 fully saturated rings. The van der Waals surface area contributed by atoms with Gasteiger partial charge in [-0.15, -0.1) is 0 Å². The van der Waals surface area contributed by atoms with Gasteiger partial charge < -0.3 is 9.47 Å². The van der Waals surface area contributed by atoms with Crippen molar-refractivity contribution in [2.75, 3.05) is 4.90 Å². The molecule has 4 bridgehead atoms. The highest BCUT2D eigenvalue weighted by atomic mass is 15.1. The summed E-state index contributed by atoms with van der Waals surface area (Å²) in [6.45, 7) is 4.87. The highest BCUT2D eigenvalue weighted by Gasteiger charge is 2.51. The highest BCUT2D eigenvalue weighted by Crippen LogP contribution is 2.61. The first-order valence-electron chi connectivity index (χ1n) is 22.2. The molecule has 57 heavy (non-hydrogen) atoms. The van der Waals surface area contributed by atoms with E-state index in [4.69, 9.17) is 0 Å². The minimum absolute atomic E-state index is 0.161. The molecule has 0 atom stereocenters. The van der Waals surface area contributed by atoms with Crippen LogP contribution in [0.5, 0.6) is 0 Å². The summed E-state index contributed by atoms with van der Waals surface area (Å²) in [6, 6.07) is 51.8. The van der Waals surface area contributed by atoms with Crippen molar-refractivity contribution in [2.45, 2.75) is 101 Å². The van der Waals surface area contributed by atoms with E-state index in [9.17, 15) is 0 Å². The third kappa shape index (κ3) is 5.28. The number of hydrogen-bond donors (Lipinski definition) is 0. The molecular weight excluding hydrogens is 689 g/mol. The average Bonchev–Trinajstić information content (AvgIpc) is 3.68. The molecule has 2 heteroatoms. The van der Waals surface area contributed by atoms with Gasteiger partial charge in [-0.1, -0.05) is 99.8 Å². The van der Waals surface area contributed by atoms with E-state index >= 15 is 0 Å². The zero-order valence-electron chi connectivity index (χ0n) is 33.7. The first kappa shape index (κ1) is 34.0. The Kier molecular flexibility index (Phi) is 7.58. The molecule has 0 unspecified atom stereocenters. The summed E-state index contributed by atoms with van der Waals surface area (Å²) in [5.41, 5.74) is 16.4. The number of hydrogen-bond acceptors (Lipinski definition) is 1. The fourth-order valence-electron chi connectivity index (χ4n) is 13.4. The maximum absolute atomic E-state index is 2.54. The molecule has 6 aromatic carbocycles. The summed E-state index contributed by atoms with van der Waals surface area (Å²) < 4.78 is 2.46. The summed E-state index contributed by atoms with van der Waals surface area (Å²) >= 11 is 0. The SMILES string of the molecule is CC1(C)c2cc(N(c3ccc(C4CCCCC4)cc3)c3ccc(C45CC6CC(CC(C6)C4)C5)cc3)ccc2-c2cc3c4ccccc4n(-c4ccccc4)c3cc21. The standard InChI is InChI=1S/C55H54N2/c1-54(2)50-30-45(25-26-46(50)48-31-49-47-15-9-10-16-52(47)57(53(49)32-51(48)54)42-13-7-4-8-14-42)56(43-21-17-40(18-22-43)39-11-5-3-6-12-39)44-23-19-41(20-24-44)55-33-36-27-37(34-55)29-38(28-36)35-55/h4,7-10,13-26,30-32,36-39H,3,5-6,11-12,27-29,33-35H2,1-2H3. The van der Waals surface area contributed by atoms with Crippen molar-refractivity contribution in [1.82, 2.24) is 4.57 Å². The number of aromatic nitrogens is 1. The molecule has 1 heterocycles. The second-order valence-electron chi connectivity index (χ2n) is 19.5. The van der Waals surface area contributed by atoms with Crippen LogP contribution < -0.4 is 4.90 Å². The molecule has 5 saturated carbocycles. The van der Waals surface area contributed by atoms with Crippen molar-refractivity contribution in [1.29, 1.82) is 0 Å². The summed E-state index contributed by atoms with van der Waals surface area (Å²) in [6.07, 6.45) is 15.5. The second-order valence-corrected chi connectivity index (χ2v) is 19.5. The molecule has 2 nitrogen and oxygen atoms in total. The van der Waals surface area contributed by atoms with Crippen molar-refractivity contribution < 1.29 is 0 Å². The van der Waals surface area contributed by atoms with E-state index in [1.54, 1.807) is 5.56 Å². The normalized spacial score (nSPS) is 24.6. The van der Waals surface area contributed by atoms with Crippen molar-refractivity contribution in [2.24, 2.45) is 17.8 Å². The van der Waals surface area contributed by atoms with E-state index in [1.807, 2.05) is 0 Å². The van der Waals surface area contributed by atoms with Gasteiger partial charge in [0.25, 0.3) is 0 Å². The Labute approximate surface area is 338 Å². The molecule has 284 valence electrons. The average molecular weight is 743 g/mol. The van der Waals surface area contributed by atoms with Gasteiger partial charge in [0.15, 0.2) is 0 Å². The molecule has 6 aliphatic carbocycles. The van der Waals surface area contributed by atoms with Crippen LogP contribution in [0.2, 0.25) is 0 Å². The topological polar surface area (TPSA) is 8.17 Å². The Hall–Kier alpha value is -5.08. The number of nitrogens with zero attached hydrogens (tertiary/aromatic N) is 2. The zero-order chi connectivity index (χ0) is 37.9. The van der Waals surface area contributed by atoms with E-state index < -0.39 is 0 Å². The Morgan fingerprint density at radius 3 is 1.84 bits per heavy atom. The van der Waals surface area contributed by atoms with E-state index in [0.29, 0.717) is 11.3 Å². The number of benzene rings is 6. The maximum atomic E-state index is 2.54. The number of para-hydroxylation sites is 2. The van der Waals surface area contributed by atoms with Crippen molar-refractivity contribution in [3.05, 3.63) is 156 Å². The van der Waals surface area contributed by atoms with Gasteiger partial charge >= 0.3 is 0 Å². The van der Waals surface area contributed by atoms with E-state index in [1.165, 1.54) is 143 Å². The first-order chi connectivity index (χ1) is 27.9. The van der Waals surface area contributed by atoms with Crippen LogP contribution in [0.15, 0.2) is 133 Å². The van der Waals surface area contributed by atoms with Crippen LogP contribution in [-0.4, -0.2) is 4.57 Å². The summed E-state index contributed by atoms with van der Waals surface area (Å²) in [7, 11) is 0. The molecule has 0 amide bonds. The lowest BCUT2D eigenvalue weighted by Gasteiger charge is -2.57. The third-order valence-electron chi connectivity index (χ3n) is 15.7. The molecule has 0 saturated heterocycles. The van der Waals surface area contributed by atoms with Gasteiger partial charge in [0.2, 0.25) is 0 Å². The van der Waals surface area contributed by atoms with E-state index in [0.717, 1.165) is 17.8 Å². The fourth-order valence-corrected chi connectivity index (χ4v) is 13.4. The molecule has 0 spiro atoms. The molecule has 0 radical (unpaired) electrons. The number of anilines is 3. The van der Waals surface area contributed by atoms with Gasteiger partial charge in [0.1, 0.15) is 0 Å². The van der Waals surface area contributed by atoms with Crippen molar-refractivity contribution in [3.8, 4) is 16.8 Å². The van der Waals surface area contributed by atoms with Gasteiger partial charge in [-0.3, -0.25) is 0 Å². The van der Waals surface area contributed by atoms with Crippen LogP contribution in [0.1, 0.15) is 113 Å². The minimum Gasteiger partial charge on any atom is -0.310 e. The first-order valence-corrected chi connectivity index (χ1v) is 22.2. The molecule has 13 rings (SSSR count). The van der Waals surface area contributed by atoms with Gasteiger partial charge in [0, 0.05) is 38.9 Å². The van der Waals surface area contributed by atoms with Gasteiger partial charge in [-0.2, -0.15) is 0 Å². The maximum Gasteiger partial charge on any atom is 0.0544 e. The van der Waals surface area contributed by atoms with Crippen LogP contribution in [-0.2, 0) is 10.8 Å². The second kappa shape index (κ2) is 12.7. The predicted molar refractivity (Wildman–Crippen MR) is 239 cm³/mol. The summed E-state index contributed by atoms with van der Waals surface area (Å²) in [5.74, 6) is 3.55. The lowest BCUT2D eigenvalue weighted by atomic mass is 9.48. The van der Waals surface area contributed by atoms with E-state index in [-0.39, 0.29) is 5.41 Å². The largest absolute Gasteiger partial charge is 0.310 e. The molecule has 0 aliphatic heterocycles. The van der Waals surface area contributed by atoms with Crippen molar-refractivity contribution in [3.63, 3.8) is 0 Å². The fraction of sp³-hybridized carbons (Fsp3) is 0.345. The predicted octanol–water partition coefficient (Wildman–Crippen LogP) is 15.1. The van der Waals surface area contributed by atoms with Crippen LogP contribution in [0.3, 0.4) is 0 Å². The Balaban J connectivity index is 0.969. The molecule has 7 aromatic rings. The number of fused-ring (bicyclic) bond motifs is 6. The molecule has 6 aliphatic rings. The van der Waals surface area contributed by atoms with Crippen LogP contribution in [0.25, 0.3) is 38.6 Å². The Morgan fingerprint density at radius 1 is 0.526 bits per heavy atom. The van der Waals surface area contributed by atoms with Crippen LogP contribution in [0.4, 0.5) is 17.1 Å². The third-order valence-corrected chi connectivity index (χ3v) is 15.7. The van der Waals surface area contributed by atoms with Crippen molar-refractivity contribution >= 4 is 38.9 Å². The highest BCUT2D eigenvalue weighted by molar-refractivity contribution is 6.11. The minimum atomic E-state index is -0.161. The lowest BCUT2D eigenvalue weighted by molar-refractivity contribution is -0.00518. The Bertz CT molecular complexity index is 2620. The number of rotatable bonds is 6. The van der Waals surface area contributed by atoms with Crippen LogP contribution in [0, 0.1) is 17.8 Å². The molecule has 0 N–H and O–H groups in total. The molecular formula is C55H54N2. The quantitative estimate of drug-likeness (QED) is 0.165. The van der Waals surface area contributed by atoms with Gasteiger partial charge in [0.05, 0.1) is 11.0 Å². The Morgan fingerprint density at radius 2 is 1.14 bits per heavy atom. The van der Waals surface area contributed by atoms with Gasteiger partial charge in [-0.25, -0.2) is 0 Å². The lowest BCUT2D eigenvalue weighted by Crippen LogP contribution is -2.48. The zero-order valence-corrected chi connectivity index (χ0v) is 33.7. The summed E-state index contributed by atoms with van der Waals surface area (Å²) in [5, 5.41) is 2.63. The van der Waals surface area contributed by atoms with E-state index in [2.05, 4.69) is 157 Å². The smallest absolute Gasteiger partial charge is 0.0544 e. The monoisotopic (exact) mass is 742 g/mol. The molecule has 1 aromatic heterocycles.